The van der Waals surface area contributed by atoms with Crippen molar-refractivity contribution in [2.45, 2.75) is 24.5 Å². The molecule has 0 bridgehead atoms. The van der Waals surface area contributed by atoms with Gasteiger partial charge in [-0.25, -0.2) is 4.31 Å². The lowest BCUT2D eigenvalue weighted by atomic mass is 9.99. The normalized spacial score (nSPS) is 25.0. The Labute approximate surface area is 132 Å². The van der Waals surface area contributed by atoms with E-state index in [1.165, 1.54) is 17.0 Å². The molecule has 0 saturated carbocycles. The van der Waals surface area contributed by atoms with Gasteiger partial charge in [-0.1, -0.05) is 12.1 Å². The van der Waals surface area contributed by atoms with Gasteiger partial charge in [-0.05, 0) is 24.1 Å². The molecule has 0 aromatic heterocycles. The Bertz CT molecular complexity index is 780. The van der Waals surface area contributed by atoms with E-state index in [0.717, 1.165) is 0 Å². The van der Waals surface area contributed by atoms with Crippen molar-refractivity contribution in [1.29, 1.82) is 0 Å². The lowest BCUT2D eigenvalue weighted by molar-refractivity contribution is -0.152. The third kappa shape index (κ3) is 2.44. The number of benzene rings is 1. The lowest BCUT2D eigenvalue weighted by Crippen LogP contribution is -2.68. The monoisotopic (exact) mass is 341 g/mol. The van der Waals surface area contributed by atoms with E-state index in [4.69, 9.17) is 10.3 Å². The van der Waals surface area contributed by atoms with Crippen molar-refractivity contribution in [2.75, 3.05) is 6.54 Å². The maximum absolute atomic E-state index is 12.5. The quantitative estimate of drug-likeness (QED) is 0.473. The highest BCUT2D eigenvalue weighted by atomic mass is 32.2. The molecule has 23 heavy (non-hydrogen) atoms. The molecular formula is C13H15N3O6S. The summed E-state index contributed by atoms with van der Waals surface area (Å²) in [4.78, 5) is 25.6. The van der Waals surface area contributed by atoms with Crippen LogP contribution in [0.2, 0.25) is 0 Å². The first-order chi connectivity index (χ1) is 10.7. The van der Waals surface area contributed by atoms with Gasteiger partial charge < -0.3 is 15.7 Å². The number of carbonyl (C=O) groups excluding carboxylic acids is 2. The molecule has 0 spiro atoms. The largest absolute Gasteiger partial charge is 0.508 e. The summed E-state index contributed by atoms with van der Waals surface area (Å²) in [5.74, 6) is -1.42. The summed E-state index contributed by atoms with van der Waals surface area (Å²) in [5, 5.41) is 9.44. The molecule has 2 aliphatic heterocycles. The van der Waals surface area contributed by atoms with Gasteiger partial charge in [-0.15, -0.1) is 0 Å². The Balaban J connectivity index is 1.79. The Morgan fingerprint density at radius 1 is 1.39 bits per heavy atom. The summed E-state index contributed by atoms with van der Waals surface area (Å²) < 4.78 is 31.7. The zero-order valence-electron chi connectivity index (χ0n) is 11.9. The molecule has 1 unspecified atom stereocenters. The van der Waals surface area contributed by atoms with Crippen molar-refractivity contribution in [3.8, 4) is 5.75 Å². The van der Waals surface area contributed by atoms with Gasteiger partial charge in [-0.2, -0.15) is 8.42 Å². The summed E-state index contributed by atoms with van der Waals surface area (Å²) >= 11 is 0. The molecule has 2 heterocycles. The third-order valence-corrected chi connectivity index (χ3v) is 5.11. The average Bonchev–Trinajstić information content (AvgIpc) is 2.82. The minimum Gasteiger partial charge on any atom is -0.508 e. The number of carbonyl (C=O) groups is 2. The van der Waals surface area contributed by atoms with Gasteiger partial charge in [0.1, 0.15) is 17.8 Å². The minimum atomic E-state index is -4.62. The van der Waals surface area contributed by atoms with Crippen LogP contribution in [0.5, 0.6) is 5.75 Å². The fourth-order valence-electron chi connectivity index (χ4n) is 3.10. The average molecular weight is 341 g/mol. The second-order valence-corrected chi connectivity index (χ2v) is 6.81. The highest BCUT2D eigenvalue weighted by Gasteiger charge is 2.60. The van der Waals surface area contributed by atoms with Crippen molar-refractivity contribution < 1.29 is 27.7 Å². The van der Waals surface area contributed by atoms with Crippen LogP contribution in [0.1, 0.15) is 18.0 Å². The molecule has 0 radical (unpaired) electrons. The Morgan fingerprint density at radius 2 is 2.09 bits per heavy atom. The summed E-state index contributed by atoms with van der Waals surface area (Å²) in [5.41, 5.74) is 6.28. The van der Waals surface area contributed by atoms with Gasteiger partial charge in [-0.3, -0.25) is 14.1 Å². The van der Waals surface area contributed by atoms with Gasteiger partial charge in [0.2, 0.25) is 5.91 Å². The van der Waals surface area contributed by atoms with Crippen molar-refractivity contribution in [1.82, 2.24) is 9.21 Å². The fraction of sp³-hybridized carbons (Fsp3) is 0.385. The number of rotatable bonds is 3. The van der Waals surface area contributed by atoms with E-state index in [9.17, 15) is 23.1 Å². The zero-order valence-corrected chi connectivity index (χ0v) is 12.7. The Kier molecular flexibility index (Phi) is 3.54. The van der Waals surface area contributed by atoms with Gasteiger partial charge in [0.15, 0.2) is 0 Å². The molecule has 0 aliphatic carbocycles. The van der Waals surface area contributed by atoms with Crippen LogP contribution in [0.15, 0.2) is 24.3 Å². The maximum Gasteiger partial charge on any atom is 0.362 e. The first-order valence-electron chi connectivity index (χ1n) is 6.87. The summed E-state index contributed by atoms with van der Waals surface area (Å²) in [7, 11) is -4.62. The molecule has 3 atom stereocenters. The molecule has 2 saturated heterocycles. The molecule has 3 rings (SSSR count). The van der Waals surface area contributed by atoms with Gasteiger partial charge in [0.05, 0.1) is 6.04 Å². The Morgan fingerprint density at radius 3 is 2.70 bits per heavy atom. The second-order valence-electron chi connectivity index (χ2n) is 5.52. The topological polar surface area (TPSA) is 141 Å². The van der Waals surface area contributed by atoms with Crippen LogP contribution in [0.3, 0.4) is 0 Å². The van der Waals surface area contributed by atoms with E-state index in [1.54, 1.807) is 12.1 Å². The highest BCUT2D eigenvalue weighted by molar-refractivity contribution is 7.84. The molecule has 10 heteroatoms. The van der Waals surface area contributed by atoms with E-state index >= 15 is 0 Å². The van der Waals surface area contributed by atoms with Crippen LogP contribution in [0, 0.1) is 0 Å². The molecule has 4 N–H and O–H groups in total. The number of aromatic hydroxyl groups is 1. The smallest absolute Gasteiger partial charge is 0.362 e. The van der Waals surface area contributed by atoms with Gasteiger partial charge in [0, 0.05) is 6.54 Å². The van der Waals surface area contributed by atoms with E-state index < -0.39 is 40.2 Å². The molecule has 1 aromatic rings. The van der Waals surface area contributed by atoms with Crippen LogP contribution in [0.4, 0.5) is 0 Å². The molecule has 2 aliphatic rings. The fourth-order valence-corrected chi connectivity index (χ4v) is 4.00. The number of nitrogens with zero attached hydrogens (tertiary/aromatic N) is 2. The number of hydrogen-bond donors (Lipinski definition) is 3. The maximum atomic E-state index is 12.5. The summed E-state index contributed by atoms with van der Waals surface area (Å²) in [6.45, 7) is 0.165. The van der Waals surface area contributed by atoms with Crippen molar-refractivity contribution in [3.63, 3.8) is 0 Å². The molecule has 9 nitrogen and oxygen atoms in total. The predicted molar refractivity (Wildman–Crippen MR) is 77.3 cm³/mol. The molecule has 2 amide bonds. The molecule has 1 aromatic carbocycles. The number of likely N-dealkylation sites (tertiary alicyclic amines) is 1. The van der Waals surface area contributed by atoms with E-state index in [0.29, 0.717) is 9.87 Å². The van der Waals surface area contributed by atoms with Crippen molar-refractivity contribution in [3.05, 3.63) is 29.8 Å². The molecule has 2 fully saturated rings. The number of phenols is 1. The van der Waals surface area contributed by atoms with Crippen LogP contribution < -0.4 is 5.73 Å². The zero-order chi connectivity index (χ0) is 16.9. The van der Waals surface area contributed by atoms with Gasteiger partial charge >= 0.3 is 10.3 Å². The first-order valence-corrected chi connectivity index (χ1v) is 8.27. The second kappa shape index (κ2) is 5.18. The van der Waals surface area contributed by atoms with Crippen LogP contribution in [0.25, 0.3) is 0 Å². The minimum absolute atomic E-state index is 0.0395. The van der Waals surface area contributed by atoms with Crippen LogP contribution in [-0.4, -0.2) is 57.7 Å². The van der Waals surface area contributed by atoms with Crippen LogP contribution in [-0.2, 0) is 19.9 Å². The Hall–Kier alpha value is -2.17. The summed E-state index contributed by atoms with van der Waals surface area (Å²) in [6.07, 6.45) is 0.245. The summed E-state index contributed by atoms with van der Waals surface area (Å²) in [6, 6.07) is 3.15. The van der Waals surface area contributed by atoms with Gasteiger partial charge in [0.25, 0.3) is 5.91 Å². The van der Waals surface area contributed by atoms with Crippen LogP contribution >= 0.6 is 0 Å². The van der Waals surface area contributed by atoms with E-state index in [1.807, 2.05) is 0 Å². The predicted octanol–water partition coefficient (Wildman–Crippen LogP) is -0.993. The van der Waals surface area contributed by atoms with E-state index in [2.05, 4.69) is 0 Å². The number of β-lactam (4-membered cyclic amide) rings is 1. The standard InChI is InChI=1S/C13H15N3O6S/c14-10(7-2-1-3-8(17)6-7)12(18)15-5-4-9-11(15)13(19)16(9)23(20,21)22/h1-3,6,9-11,17H,4-5,14H2,(H,20,21,22)/t9-,10?,11+/m1/s1. The molecular weight excluding hydrogens is 326 g/mol. The first kappa shape index (κ1) is 15.7. The number of phenolic OH excluding ortho intramolecular Hbond substituents is 1. The van der Waals surface area contributed by atoms with Crippen molar-refractivity contribution in [2.24, 2.45) is 5.73 Å². The number of hydrogen-bond acceptors (Lipinski definition) is 6. The van der Waals surface area contributed by atoms with Crippen molar-refractivity contribution >= 4 is 22.1 Å². The molecule has 124 valence electrons. The number of amides is 2. The van der Waals surface area contributed by atoms with E-state index in [-0.39, 0.29) is 18.7 Å². The SMILES string of the molecule is NC(C(=O)N1CC[C@@H]2[C@H]1C(=O)N2S(=O)(=O)O)c1cccc(O)c1. The third-order valence-electron chi connectivity index (χ3n) is 4.16. The number of nitrogens with two attached hydrogens (primary N) is 1. The highest BCUT2D eigenvalue weighted by Crippen LogP contribution is 2.36. The lowest BCUT2D eigenvalue weighted by Gasteiger charge is -2.42. The number of fused-ring (bicyclic) bond motifs is 1.